The lowest BCUT2D eigenvalue weighted by Crippen LogP contribution is -2.64. The van der Waals surface area contributed by atoms with E-state index in [0.717, 1.165) is 0 Å². The van der Waals surface area contributed by atoms with Crippen molar-refractivity contribution in [2.45, 2.75) is 39.3 Å². The molecule has 0 aliphatic carbocycles. The van der Waals surface area contributed by atoms with Crippen molar-refractivity contribution in [2.75, 3.05) is 4.90 Å². The summed E-state index contributed by atoms with van der Waals surface area (Å²) in [6, 6.07) is 2.91. The molecule has 1 saturated heterocycles. The Hall–Kier alpha value is -1.62. The predicted molar refractivity (Wildman–Crippen MR) is 79.7 cm³/mol. The zero-order valence-corrected chi connectivity index (χ0v) is 12.9. The second kappa shape index (κ2) is 6.02. The fraction of sp³-hybridized carbons (Fsp3) is 0.467. The van der Waals surface area contributed by atoms with E-state index in [9.17, 15) is 14.0 Å². The van der Waals surface area contributed by atoms with Gasteiger partial charge in [-0.2, -0.15) is 0 Å². The highest BCUT2D eigenvalue weighted by Gasteiger charge is 2.41. The molecule has 1 aliphatic heterocycles. The highest BCUT2D eigenvalue weighted by atomic mass is 35.5. The fourth-order valence-electron chi connectivity index (χ4n) is 2.49. The summed E-state index contributed by atoms with van der Waals surface area (Å²) in [6.45, 7) is 5.53. The maximum absolute atomic E-state index is 13.7. The van der Waals surface area contributed by atoms with Crippen LogP contribution >= 0.6 is 11.6 Å². The van der Waals surface area contributed by atoms with Crippen LogP contribution in [0.3, 0.4) is 0 Å². The average Bonchev–Trinajstić information content (AvgIpc) is 2.43. The quantitative estimate of drug-likeness (QED) is 0.933. The van der Waals surface area contributed by atoms with Gasteiger partial charge in [-0.15, -0.1) is 0 Å². The molecular weight excluding hydrogens is 295 g/mol. The number of rotatable bonds is 3. The van der Waals surface area contributed by atoms with Crippen LogP contribution < -0.4 is 10.2 Å². The van der Waals surface area contributed by atoms with Gasteiger partial charge in [0.2, 0.25) is 5.91 Å². The third-order valence-corrected chi connectivity index (χ3v) is 3.96. The highest BCUT2D eigenvalue weighted by molar-refractivity contribution is 6.30. The molecule has 21 heavy (non-hydrogen) atoms. The van der Waals surface area contributed by atoms with Gasteiger partial charge in [0.1, 0.15) is 17.9 Å². The number of benzene rings is 1. The summed E-state index contributed by atoms with van der Waals surface area (Å²) < 4.78 is 13.7. The Kier molecular flexibility index (Phi) is 4.52. The number of nitrogens with zero attached hydrogens (tertiary/aromatic N) is 1. The van der Waals surface area contributed by atoms with Crippen molar-refractivity contribution >= 4 is 29.1 Å². The van der Waals surface area contributed by atoms with Crippen LogP contribution in [0.2, 0.25) is 5.02 Å². The molecule has 1 fully saturated rings. The van der Waals surface area contributed by atoms with Gasteiger partial charge in [0.05, 0.1) is 5.02 Å². The zero-order valence-electron chi connectivity index (χ0n) is 12.2. The number of hydrogen-bond acceptors (Lipinski definition) is 2. The lowest BCUT2D eigenvalue weighted by atomic mass is 9.96. The fourth-order valence-corrected chi connectivity index (χ4v) is 2.61. The first-order chi connectivity index (χ1) is 9.86. The highest BCUT2D eigenvalue weighted by Crippen LogP contribution is 2.28. The van der Waals surface area contributed by atoms with Crippen molar-refractivity contribution in [3.8, 4) is 0 Å². The Morgan fingerprint density at radius 1 is 1.38 bits per heavy atom. The number of hydrogen-bond donors (Lipinski definition) is 1. The molecule has 2 amide bonds. The molecule has 2 atom stereocenters. The average molecular weight is 313 g/mol. The standard InChI is InChI=1S/C15H18ClFN2O2/c1-4-12-14(20)18-13(8(2)3)15(21)19(12)9-5-6-10(16)11(17)7-9/h5-8,12-13H,4H2,1-3H3,(H,18,20). The van der Waals surface area contributed by atoms with Gasteiger partial charge >= 0.3 is 0 Å². The third kappa shape index (κ3) is 2.88. The lowest BCUT2D eigenvalue weighted by Gasteiger charge is -2.40. The van der Waals surface area contributed by atoms with Crippen molar-refractivity contribution in [3.05, 3.63) is 29.0 Å². The minimum absolute atomic E-state index is 0.0129. The summed E-state index contributed by atoms with van der Waals surface area (Å²) in [5.74, 6) is -1.09. The molecule has 0 saturated carbocycles. The van der Waals surface area contributed by atoms with Gasteiger partial charge in [-0.25, -0.2) is 4.39 Å². The number of halogens is 2. The van der Waals surface area contributed by atoms with E-state index in [-0.39, 0.29) is 22.8 Å². The van der Waals surface area contributed by atoms with Gasteiger partial charge in [0.25, 0.3) is 5.91 Å². The molecule has 1 aromatic carbocycles. The summed E-state index contributed by atoms with van der Waals surface area (Å²) in [7, 11) is 0. The molecule has 1 N–H and O–H groups in total. The summed E-state index contributed by atoms with van der Waals surface area (Å²) in [5, 5.41) is 2.73. The number of amides is 2. The Bertz CT molecular complexity index is 577. The van der Waals surface area contributed by atoms with Crippen LogP contribution in [0.15, 0.2) is 18.2 Å². The normalized spacial score (nSPS) is 22.7. The summed E-state index contributed by atoms with van der Waals surface area (Å²) in [6.07, 6.45) is 0.451. The van der Waals surface area contributed by atoms with Crippen LogP contribution in [0.1, 0.15) is 27.2 Å². The van der Waals surface area contributed by atoms with E-state index >= 15 is 0 Å². The number of piperazine rings is 1. The van der Waals surface area contributed by atoms with E-state index in [0.29, 0.717) is 12.1 Å². The Morgan fingerprint density at radius 3 is 2.57 bits per heavy atom. The third-order valence-electron chi connectivity index (χ3n) is 3.65. The maximum atomic E-state index is 13.7. The summed E-state index contributed by atoms with van der Waals surface area (Å²) in [4.78, 5) is 26.2. The van der Waals surface area contributed by atoms with E-state index in [4.69, 9.17) is 11.6 Å². The van der Waals surface area contributed by atoms with Crippen molar-refractivity contribution in [2.24, 2.45) is 5.92 Å². The molecule has 4 nitrogen and oxygen atoms in total. The zero-order chi connectivity index (χ0) is 15.7. The molecule has 6 heteroatoms. The van der Waals surface area contributed by atoms with Gasteiger partial charge in [-0.1, -0.05) is 32.4 Å². The van der Waals surface area contributed by atoms with Crippen molar-refractivity contribution in [3.63, 3.8) is 0 Å². The molecule has 0 aromatic heterocycles. The van der Waals surface area contributed by atoms with Crippen LogP contribution in [0.25, 0.3) is 0 Å². The largest absolute Gasteiger partial charge is 0.342 e. The van der Waals surface area contributed by atoms with E-state index in [1.54, 1.807) is 6.07 Å². The SMILES string of the molecule is CCC1C(=O)NC(C(C)C)C(=O)N1c1ccc(Cl)c(F)c1. The number of carbonyl (C=O) groups excluding carboxylic acids is 2. The second-order valence-electron chi connectivity index (χ2n) is 5.46. The first-order valence-corrected chi connectivity index (χ1v) is 7.33. The summed E-state index contributed by atoms with van der Waals surface area (Å²) >= 11 is 5.68. The summed E-state index contributed by atoms with van der Waals surface area (Å²) in [5.41, 5.74) is 0.356. The molecule has 0 radical (unpaired) electrons. The molecule has 0 bridgehead atoms. The van der Waals surface area contributed by atoms with Crippen molar-refractivity contribution in [1.82, 2.24) is 5.32 Å². The first-order valence-electron chi connectivity index (χ1n) is 6.95. The number of nitrogens with one attached hydrogen (secondary N) is 1. The Balaban J connectivity index is 2.46. The molecule has 2 unspecified atom stereocenters. The number of anilines is 1. The maximum Gasteiger partial charge on any atom is 0.250 e. The van der Waals surface area contributed by atoms with Gasteiger partial charge in [-0.05, 0) is 30.5 Å². The van der Waals surface area contributed by atoms with Crippen LogP contribution in [0, 0.1) is 11.7 Å². The van der Waals surface area contributed by atoms with E-state index < -0.39 is 17.9 Å². The number of carbonyl (C=O) groups is 2. The van der Waals surface area contributed by atoms with Crippen LogP contribution in [-0.2, 0) is 9.59 Å². The molecule has 1 aliphatic rings. The monoisotopic (exact) mass is 312 g/mol. The minimum atomic E-state index is -0.631. The van der Waals surface area contributed by atoms with Crippen LogP contribution in [-0.4, -0.2) is 23.9 Å². The Morgan fingerprint density at radius 2 is 2.05 bits per heavy atom. The van der Waals surface area contributed by atoms with E-state index in [2.05, 4.69) is 5.32 Å². The second-order valence-corrected chi connectivity index (χ2v) is 5.87. The first kappa shape index (κ1) is 15.8. The van der Waals surface area contributed by atoms with Crippen LogP contribution in [0.5, 0.6) is 0 Å². The van der Waals surface area contributed by atoms with Gasteiger partial charge in [-0.3, -0.25) is 14.5 Å². The van der Waals surface area contributed by atoms with Crippen molar-refractivity contribution in [1.29, 1.82) is 0 Å². The molecule has 2 rings (SSSR count). The Labute approximate surface area is 128 Å². The van der Waals surface area contributed by atoms with Crippen molar-refractivity contribution < 1.29 is 14.0 Å². The molecular formula is C15H18ClFN2O2. The molecule has 1 aromatic rings. The minimum Gasteiger partial charge on any atom is -0.342 e. The lowest BCUT2D eigenvalue weighted by molar-refractivity contribution is -0.134. The smallest absolute Gasteiger partial charge is 0.250 e. The topological polar surface area (TPSA) is 49.4 Å². The van der Waals surface area contributed by atoms with E-state index in [1.165, 1.54) is 17.0 Å². The van der Waals surface area contributed by atoms with Gasteiger partial charge < -0.3 is 5.32 Å². The van der Waals surface area contributed by atoms with Gasteiger partial charge in [0.15, 0.2) is 0 Å². The van der Waals surface area contributed by atoms with Gasteiger partial charge in [0, 0.05) is 5.69 Å². The molecule has 114 valence electrons. The predicted octanol–water partition coefficient (Wildman–Crippen LogP) is 2.75. The van der Waals surface area contributed by atoms with Crippen LogP contribution in [0.4, 0.5) is 10.1 Å². The molecule has 0 spiro atoms. The van der Waals surface area contributed by atoms with E-state index in [1.807, 2.05) is 20.8 Å². The molecule has 1 heterocycles.